The van der Waals surface area contributed by atoms with Gasteiger partial charge in [-0.25, -0.2) is 0 Å². The minimum absolute atomic E-state index is 0.0413. The second kappa shape index (κ2) is 6.02. The number of hydrazone groups is 1. The van der Waals surface area contributed by atoms with Crippen molar-refractivity contribution in [1.29, 1.82) is 0 Å². The van der Waals surface area contributed by atoms with Crippen molar-refractivity contribution in [2.24, 2.45) is 5.10 Å². The molecule has 2 aliphatic heterocycles. The van der Waals surface area contributed by atoms with E-state index in [4.69, 9.17) is 0 Å². The number of halogens is 1. The lowest BCUT2D eigenvalue weighted by molar-refractivity contribution is -0.114. The zero-order chi connectivity index (χ0) is 14.8. The quantitative estimate of drug-likeness (QED) is 0.767. The molecule has 2 heterocycles. The number of amides is 1. The fraction of sp³-hybridized carbons (Fsp3) is 0.375. The number of rotatable bonds is 2. The smallest absolute Gasteiger partial charge is 0.282 e. The number of carbonyl (C=O) groups is 1. The van der Waals surface area contributed by atoms with Crippen LogP contribution in [0.4, 0.5) is 5.69 Å². The van der Waals surface area contributed by atoms with Crippen LogP contribution in [0.2, 0.25) is 0 Å². The SMILES string of the molecule is CC1=NN(c2ccc(Br)cc2)C(=O)C1=CN1CCCCC1. The van der Waals surface area contributed by atoms with Crippen LogP contribution in [0.25, 0.3) is 0 Å². The van der Waals surface area contributed by atoms with Crippen molar-refractivity contribution >= 4 is 33.2 Å². The van der Waals surface area contributed by atoms with E-state index in [1.54, 1.807) is 0 Å². The second-order valence-corrected chi connectivity index (χ2v) is 6.33. The molecule has 1 aromatic rings. The summed E-state index contributed by atoms with van der Waals surface area (Å²) in [5.74, 6) is -0.0413. The summed E-state index contributed by atoms with van der Waals surface area (Å²) < 4.78 is 0.989. The topological polar surface area (TPSA) is 35.9 Å². The van der Waals surface area contributed by atoms with Gasteiger partial charge in [-0.05, 0) is 50.5 Å². The van der Waals surface area contributed by atoms with Crippen LogP contribution in [-0.4, -0.2) is 29.6 Å². The first kappa shape index (κ1) is 14.3. The molecule has 0 radical (unpaired) electrons. The molecular weight excluding hydrogens is 330 g/mol. The lowest BCUT2D eigenvalue weighted by Crippen LogP contribution is -2.27. The second-order valence-electron chi connectivity index (χ2n) is 5.42. The number of nitrogens with zero attached hydrogens (tertiary/aromatic N) is 3. The van der Waals surface area contributed by atoms with Gasteiger partial charge in [-0.3, -0.25) is 4.79 Å². The number of carbonyl (C=O) groups excluding carboxylic acids is 1. The molecule has 21 heavy (non-hydrogen) atoms. The Bertz CT molecular complexity index is 600. The number of benzene rings is 1. The van der Waals surface area contributed by atoms with E-state index < -0.39 is 0 Å². The lowest BCUT2D eigenvalue weighted by atomic mass is 10.1. The van der Waals surface area contributed by atoms with Gasteiger partial charge >= 0.3 is 0 Å². The van der Waals surface area contributed by atoms with Crippen molar-refractivity contribution in [3.05, 3.63) is 40.5 Å². The van der Waals surface area contributed by atoms with Crippen LogP contribution in [0.5, 0.6) is 0 Å². The molecule has 0 saturated carbocycles. The highest BCUT2D eigenvalue weighted by Crippen LogP contribution is 2.25. The Hall–Kier alpha value is -1.62. The fourth-order valence-electron chi connectivity index (χ4n) is 2.65. The Morgan fingerprint density at radius 3 is 2.48 bits per heavy atom. The number of piperidine rings is 1. The molecule has 2 aliphatic rings. The van der Waals surface area contributed by atoms with Crippen LogP contribution < -0.4 is 5.01 Å². The minimum atomic E-state index is -0.0413. The van der Waals surface area contributed by atoms with Gasteiger partial charge in [0.1, 0.15) is 0 Å². The molecule has 0 bridgehead atoms. The Balaban J connectivity index is 1.83. The van der Waals surface area contributed by atoms with Crippen molar-refractivity contribution in [3.63, 3.8) is 0 Å². The summed E-state index contributed by atoms with van der Waals surface area (Å²) in [7, 11) is 0. The summed E-state index contributed by atoms with van der Waals surface area (Å²) in [6, 6.07) is 7.62. The van der Waals surface area contributed by atoms with Gasteiger partial charge in [0.2, 0.25) is 0 Å². The van der Waals surface area contributed by atoms with Gasteiger partial charge in [-0.1, -0.05) is 15.9 Å². The van der Waals surface area contributed by atoms with Crippen molar-refractivity contribution < 1.29 is 4.79 Å². The summed E-state index contributed by atoms with van der Waals surface area (Å²) >= 11 is 3.40. The van der Waals surface area contributed by atoms with Gasteiger partial charge in [-0.15, -0.1) is 0 Å². The summed E-state index contributed by atoms with van der Waals surface area (Å²) in [4.78, 5) is 14.8. The molecule has 1 saturated heterocycles. The van der Waals surface area contributed by atoms with Crippen LogP contribution >= 0.6 is 15.9 Å². The van der Waals surface area contributed by atoms with E-state index in [0.717, 1.165) is 29.0 Å². The molecule has 1 fully saturated rings. The van der Waals surface area contributed by atoms with Gasteiger partial charge in [0, 0.05) is 23.8 Å². The zero-order valence-electron chi connectivity index (χ0n) is 12.1. The first-order valence-corrected chi connectivity index (χ1v) is 8.06. The summed E-state index contributed by atoms with van der Waals surface area (Å²) in [6.45, 7) is 3.96. The third-order valence-corrected chi connectivity index (χ3v) is 4.36. The van der Waals surface area contributed by atoms with Gasteiger partial charge < -0.3 is 4.90 Å². The zero-order valence-corrected chi connectivity index (χ0v) is 13.6. The van der Waals surface area contributed by atoms with E-state index in [1.807, 2.05) is 37.4 Å². The van der Waals surface area contributed by atoms with Crippen LogP contribution in [0.15, 0.2) is 45.6 Å². The molecule has 5 heteroatoms. The normalized spacial score (nSPS) is 21.1. The number of hydrogen-bond acceptors (Lipinski definition) is 3. The van der Waals surface area contributed by atoms with E-state index >= 15 is 0 Å². The summed E-state index contributed by atoms with van der Waals surface area (Å²) in [5.41, 5.74) is 2.29. The number of likely N-dealkylation sites (tertiary alicyclic amines) is 1. The maximum Gasteiger partial charge on any atom is 0.282 e. The number of hydrogen-bond donors (Lipinski definition) is 0. The van der Waals surface area contributed by atoms with Crippen LogP contribution in [-0.2, 0) is 4.79 Å². The maximum absolute atomic E-state index is 12.6. The molecule has 0 aromatic heterocycles. The molecule has 0 atom stereocenters. The monoisotopic (exact) mass is 347 g/mol. The molecule has 3 rings (SSSR count). The van der Waals surface area contributed by atoms with Crippen molar-refractivity contribution in [3.8, 4) is 0 Å². The highest BCUT2D eigenvalue weighted by atomic mass is 79.9. The Morgan fingerprint density at radius 2 is 1.81 bits per heavy atom. The van der Waals surface area contributed by atoms with E-state index in [9.17, 15) is 4.79 Å². The van der Waals surface area contributed by atoms with E-state index in [0.29, 0.717) is 5.57 Å². The molecule has 0 unspecified atom stereocenters. The van der Waals surface area contributed by atoms with Gasteiger partial charge in [0.15, 0.2) is 0 Å². The Kier molecular flexibility index (Phi) is 4.10. The van der Waals surface area contributed by atoms with Crippen molar-refractivity contribution in [2.75, 3.05) is 18.1 Å². The first-order valence-electron chi connectivity index (χ1n) is 7.26. The minimum Gasteiger partial charge on any atom is -0.377 e. The standard InChI is InChI=1S/C16H18BrN3O/c1-12-15(11-19-9-3-2-4-10-19)16(21)20(18-12)14-7-5-13(17)6-8-14/h5-8,11H,2-4,9-10H2,1H3. The predicted molar refractivity (Wildman–Crippen MR) is 88.2 cm³/mol. The molecule has 1 amide bonds. The highest BCUT2D eigenvalue weighted by Gasteiger charge is 2.29. The number of anilines is 1. The van der Waals surface area contributed by atoms with Crippen LogP contribution in [0, 0.1) is 0 Å². The molecule has 110 valence electrons. The molecule has 1 aromatic carbocycles. The Morgan fingerprint density at radius 1 is 1.14 bits per heavy atom. The first-order chi connectivity index (χ1) is 10.1. The van der Waals surface area contributed by atoms with Gasteiger partial charge in [-0.2, -0.15) is 10.1 Å². The van der Waals surface area contributed by atoms with Crippen molar-refractivity contribution in [1.82, 2.24) is 4.90 Å². The molecule has 4 nitrogen and oxygen atoms in total. The van der Waals surface area contributed by atoms with E-state index in [2.05, 4.69) is 25.9 Å². The summed E-state index contributed by atoms with van der Waals surface area (Å²) in [6.07, 6.45) is 5.67. The molecule has 0 aliphatic carbocycles. The average Bonchev–Trinajstić information content (AvgIpc) is 2.77. The third kappa shape index (κ3) is 3.02. The van der Waals surface area contributed by atoms with Gasteiger partial charge in [0.05, 0.1) is 17.0 Å². The van der Waals surface area contributed by atoms with Gasteiger partial charge in [0.25, 0.3) is 5.91 Å². The van der Waals surface area contributed by atoms with E-state index in [1.165, 1.54) is 24.3 Å². The average molecular weight is 348 g/mol. The lowest BCUT2D eigenvalue weighted by Gasteiger charge is -2.25. The van der Waals surface area contributed by atoms with Crippen LogP contribution in [0.3, 0.4) is 0 Å². The fourth-order valence-corrected chi connectivity index (χ4v) is 2.92. The maximum atomic E-state index is 12.6. The molecule has 0 spiro atoms. The Labute approximate surface area is 133 Å². The highest BCUT2D eigenvalue weighted by molar-refractivity contribution is 9.10. The molecular formula is C16H18BrN3O. The van der Waals surface area contributed by atoms with E-state index in [-0.39, 0.29) is 5.91 Å². The van der Waals surface area contributed by atoms with Crippen molar-refractivity contribution in [2.45, 2.75) is 26.2 Å². The third-order valence-electron chi connectivity index (χ3n) is 3.84. The molecule has 0 N–H and O–H groups in total. The van der Waals surface area contributed by atoms with Crippen LogP contribution in [0.1, 0.15) is 26.2 Å². The summed E-state index contributed by atoms with van der Waals surface area (Å²) in [5, 5.41) is 5.89. The predicted octanol–water partition coefficient (Wildman–Crippen LogP) is 3.54. The largest absolute Gasteiger partial charge is 0.377 e.